The number of carbonyl (C=O) groups is 1. The molecule has 0 aliphatic carbocycles. The van der Waals surface area contributed by atoms with Crippen LogP contribution in [0, 0.1) is 0 Å². The first-order chi connectivity index (χ1) is 6.07. The average Bonchev–Trinajstić information content (AvgIpc) is 2.13. The molecule has 0 saturated carbocycles. The molecule has 0 bridgehead atoms. The second-order valence-electron chi connectivity index (χ2n) is 2.32. The van der Waals surface area contributed by atoms with Crippen LogP contribution in [0.2, 0.25) is 5.02 Å². The van der Waals surface area contributed by atoms with E-state index in [2.05, 4.69) is 31.9 Å². The highest BCUT2D eigenvalue weighted by Crippen LogP contribution is 2.34. The van der Waals surface area contributed by atoms with Gasteiger partial charge < -0.3 is 5.11 Å². The summed E-state index contributed by atoms with van der Waals surface area (Å²) in [7, 11) is 0. The lowest BCUT2D eigenvalue weighted by Gasteiger charge is -2.04. The number of phenolic OH excluding ortho intramolecular Hbond substituents is 1. The Morgan fingerprint density at radius 3 is 2.69 bits per heavy atom. The molecule has 0 atom stereocenters. The molecule has 1 rings (SSSR count). The second kappa shape index (κ2) is 4.44. The topological polar surface area (TPSA) is 37.3 Å². The summed E-state index contributed by atoms with van der Waals surface area (Å²) in [5, 5.41) is 9.58. The fourth-order valence-electron chi connectivity index (χ4n) is 0.827. The summed E-state index contributed by atoms with van der Waals surface area (Å²) in [5.41, 5.74) is 0.458. The van der Waals surface area contributed by atoms with Crippen LogP contribution < -0.4 is 0 Å². The zero-order valence-electron chi connectivity index (χ0n) is 6.35. The minimum atomic E-state index is -0.0891. The fraction of sp³-hybridized carbons (Fsp3) is 0.125. The van der Waals surface area contributed by atoms with E-state index in [4.69, 9.17) is 11.6 Å². The van der Waals surface area contributed by atoms with Crippen LogP contribution in [-0.2, 0) is 0 Å². The van der Waals surface area contributed by atoms with Crippen molar-refractivity contribution in [3.05, 3.63) is 27.2 Å². The van der Waals surface area contributed by atoms with Gasteiger partial charge in [0.15, 0.2) is 5.78 Å². The van der Waals surface area contributed by atoms with Crippen molar-refractivity contribution in [1.82, 2.24) is 0 Å². The van der Waals surface area contributed by atoms with Crippen molar-refractivity contribution in [2.75, 3.05) is 5.33 Å². The van der Waals surface area contributed by atoms with Crippen molar-refractivity contribution in [3.63, 3.8) is 0 Å². The lowest BCUT2D eigenvalue weighted by Crippen LogP contribution is -2.00. The van der Waals surface area contributed by atoms with Crippen molar-refractivity contribution in [2.45, 2.75) is 0 Å². The van der Waals surface area contributed by atoms with Crippen LogP contribution in [0.4, 0.5) is 0 Å². The van der Waals surface area contributed by atoms with Gasteiger partial charge in [-0.05, 0) is 28.1 Å². The van der Waals surface area contributed by atoms with Crippen LogP contribution in [0.3, 0.4) is 0 Å². The normalized spacial score (nSPS) is 10.1. The van der Waals surface area contributed by atoms with Gasteiger partial charge in [-0.3, -0.25) is 4.79 Å². The maximum absolute atomic E-state index is 11.3. The van der Waals surface area contributed by atoms with Gasteiger partial charge in [0.05, 0.1) is 14.8 Å². The molecule has 0 aliphatic rings. The predicted octanol–water partition coefficient (Wildman–Crippen LogP) is 3.39. The van der Waals surface area contributed by atoms with Gasteiger partial charge in [0, 0.05) is 5.56 Å². The Morgan fingerprint density at radius 1 is 1.54 bits per heavy atom. The Balaban J connectivity index is 3.26. The summed E-state index contributed by atoms with van der Waals surface area (Å²) in [4.78, 5) is 11.3. The Bertz CT molecular complexity index is 352. The molecule has 0 unspecified atom stereocenters. The monoisotopic (exact) mass is 326 g/mol. The van der Waals surface area contributed by atoms with Gasteiger partial charge in [0.1, 0.15) is 5.75 Å². The summed E-state index contributed by atoms with van der Waals surface area (Å²) < 4.78 is 0.429. The van der Waals surface area contributed by atoms with Crippen molar-refractivity contribution in [3.8, 4) is 5.75 Å². The molecular formula is C8H5Br2ClO2. The number of rotatable bonds is 2. The standard InChI is InChI=1S/C8H5Br2ClO2/c9-3-6(13)4-1-2-5(12)8(11)7(4)10/h1-2,12H,3H2. The van der Waals surface area contributed by atoms with Gasteiger partial charge in [-0.2, -0.15) is 0 Å². The number of halogens is 3. The predicted molar refractivity (Wildman–Crippen MR) is 58.9 cm³/mol. The Kier molecular flexibility index (Phi) is 3.76. The summed E-state index contributed by atoms with van der Waals surface area (Å²) in [6.45, 7) is 0. The molecule has 0 spiro atoms. The summed E-state index contributed by atoms with van der Waals surface area (Å²) >= 11 is 11.9. The van der Waals surface area contributed by atoms with Gasteiger partial charge >= 0.3 is 0 Å². The SMILES string of the molecule is O=C(CBr)c1ccc(O)c(Cl)c1Br. The number of carbonyl (C=O) groups excluding carboxylic acids is 1. The molecule has 13 heavy (non-hydrogen) atoms. The summed E-state index contributed by atoms with van der Waals surface area (Å²) in [6, 6.07) is 2.91. The molecule has 70 valence electrons. The second-order valence-corrected chi connectivity index (χ2v) is 4.05. The van der Waals surface area contributed by atoms with Gasteiger partial charge in [-0.15, -0.1) is 0 Å². The van der Waals surface area contributed by atoms with Crippen LogP contribution in [0.5, 0.6) is 5.75 Å². The Hall–Kier alpha value is -0.0600. The van der Waals surface area contributed by atoms with Crippen LogP contribution >= 0.6 is 43.5 Å². The molecule has 1 N–H and O–H groups in total. The van der Waals surface area contributed by atoms with Crippen LogP contribution in [0.1, 0.15) is 10.4 Å². The van der Waals surface area contributed by atoms with E-state index >= 15 is 0 Å². The Labute approximate surface area is 97.2 Å². The van der Waals surface area contributed by atoms with E-state index in [9.17, 15) is 9.90 Å². The zero-order chi connectivity index (χ0) is 10.0. The molecule has 0 radical (unpaired) electrons. The van der Waals surface area contributed by atoms with E-state index in [-0.39, 0.29) is 21.9 Å². The highest BCUT2D eigenvalue weighted by Gasteiger charge is 2.13. The van der Waals surface area contributed by atoms with Crippen molar-refractivity contribution in [1.29, 1.82) is 0 Å². The molecule has 0 aliphatic heterocycles. The van der Waals surface area contributed by atoms with Crippen LogP contribution in [0.25, 0.3) is 0 Å². The maximum Gasteiger partial charge on any atom is 0.174 e. The van der Waals surface area contributed by atoms with Gasteiger partial charge in [0.2, 0.25) is 0 Å². The molecule has 0 amide bonds. The van der Waals surface area contributed by atoms with Crippen LogP contribution in [0.15, 0.2) is 16.6 Å². The quantitative estimate of drug-likeness (QED) is 0.667. The number of benzene rings is 1. The first kappa shape index (κ1) is 11.0. The molecular weight excluding hydrogens is 323 g/mol. The number of hydrogen-bond acceptors (Lipinski definition) is 2. The number of alkyl halides is 1. The van der Waals surface area contributed by atoms with Crippen molar-refractivity contribution >= 4 is 49.2 Å². The number of phenols is 1. The lowest BCUT2D eigenvalue weighted by atomic mass is 10.1. The highest BCUT2D eigenvalue weighted by molar-refractivity contribution is 9.10. The van der Waals surface area contributed by atoms with Crippen LogP contribution in [-0.4, -0.2) is 16.2 Å². The molecule has 5 heteroatoms. The lowest BCUT2D eigenvalue weighted by molar-refractivity contribution is 0.102. The first-order valence-corrected chi connectivity index (χ1v) is 5.63. The largest absolute Gasteiger partial charge is 0.506 e. The maximum atomic E-state index is 11.3. The number of ketones is 1. The Morgan fingerprint density at radius 2 is 2.15 bits per heavy atom. The average molecular weight is 328 g/mol. The number of hydrogen-bond donors (Lipinski definition) is 1. The van der Waals surface area contributed by atoms with Gasteiger partial charge in [-0.25, -0.2) is 0 Å². The highest BCUT2D eigenvalue weighted by atomic mass is 79.9. The zero-order valence-corrected chi connectivity index (χ0v) is 10.3. The van der Waals surface area contributed by atoms with E-state index in [1.54, 1.807) is 0 Å². The molecule has 0 aromatic heterocycles. The molecule has 0 fully saturated rings. The van der Waals surface area contributed by atoms with E-state index in [0.717, 1.165) is 0 Å². The summed E-state index contributed by atoms with van der Waals surface area (Å²) in [6.07, 6.45) is 0. The molecule has 2 nitrogen and oxygen atoms in total. The first-order valence-electron chi connectivity index (χ1n) is 3.34. The third-order valence-electron chi connectivity index (χ3n) is 1.48. The molecule has 1 aromatic carbocycles. The van der Waals surface area contributed by atoms with E-state index in [0.29, 0.717) is 10.0 Å². The van der Waals surface area contributed by atoms with E-state index in [1.807, 2.05) is 0 Å². The number of Topliss-reactive ketones (excluding diaryl/α,β-unsaturated/α-hetero) is 1. The number of aromatic hydroxyl groups is 1. The van der Waals surface area contributed by atoms with Crippen molar-refractivity contribution in [2.24, 2.45) is 0 Å². The minimum absolute atomic E-state index is 0.0420. The van der Waals surface area contributed by atoms with Crippen molar-refractivity contribution < 1.29 is 9.90 Å². The third-order valence-corrected chi connectivity index (χ3v) is 3.43. The molecule has 0 heterocycles. The van der Waals surface area contributed by atoms with Gasteiger partial charge in [0.25, 0.3) is 0 Å². The smallest absolute Gasteiger partial charge is 0.174 e. The van der Waals surface area contributed by atoms with E-state index < -0.39 is 0 Å². The fourth-order valence-corrected chi connectivity index (χ4v) is 1.85. The summed E-state index contributed by atoms with van der Waals surface area (Å²) in [5.74, 6) is -0.131. The third kappa shape index (κ3) is 2.24. The van der Waals surface area contributed by atoms with E-state index in [1.165, 1.54) is 12.1 Å². The minimum Gasteiger partial charge on any atom is -0.506 e. The van der Waals surface area contributed by atoms with Gasteiger partial charge in [-0.1, -0.05) is 27.5 Å². The molecule has 0 saturated heterocycles. The molecule has 1 aromatic rings.